The summed E-state index contributed by atoms with van der Waals surface area (Å²) in [6.07, 6.45) is 3.12. The smallest absolute Gasteiger partial charge is 0.237 e. The number of rotatable bonds is 7. The van der Waals surface area contributed by atoms with Gasteiger partial charge >= 0.3 is 0 Å². The standard InChI is InChI=1S/C17H20FN3O2.ClH/c1-2-4-15(19)17(22)21-11-12-7-8-16(20-10-12)23-14-6-3-5-13(18)9-14;/h3,5-10,15H,2,4,11,19H2,1H3,(H,21,22);1H. The summed E-state index contributed by atoms with van der Waals surface area (Å²) in [6, 6.07) is 8.80. The number of halogens is 2. The van der Waals surface area contributed by atoms with Gasteiger partial charge in [-0.05, 0) is 24.1 Å². The van der Waals surface area contributed by atoms with Crippen LogP contribution in [0.5, 0.6) is 11.6 Å². The van der Waals surface area contributed by atoms with Gasteiger partial charge in [0.25, 0.3) is 0 Å². The van der Waals surface area contributed by atoms with Crippen LogP contribution < -0.4 is 15.8 Å². The van der Waals surface area contributed by atoms with E-state index in [9.17, 15) is 9.18 Å². The summed E-state index contributed by atoms with van der Waals surface area (Å²) in [6.45, 7) is 2.33. The second-order valence-electron chi connectivity index (χ2n) is 5.18. The van der Waals surface area contributed by atoms with Crippen LogP contribution >= 0.6 is 12.4 Å². The van der Waals surface area contributed by atoms with Crippen molar-refractivity contribution < 1.29 is 13.9 Å². The summed E-state index contributed by atoms with van der Waals surface area (Å²) < 4.78 is 18.5. The lowest BCUT2D eigenvalue weighted by atomic mass is 10.1. The Bertz CT molecular complexity index is 653. The van der Waals surface area contributed by atoms with E-state index in [-0.39, 0.29) is 24.1 Å². The van der Waals surface area contributed by atoms with E-state index in [1.807, 2.05) is 6.92 Å². The molecule has 7 heteroatoms. The van der Waals surface area contributed by atoms with Crippen LogP contribution in [0.4, 0.5) is 4.39 Å². The Morgan fingerprint density at radius 1 is 1.38 bits per heavy atom. The van der Waals surface area contributed by atoms with Gasteiger partial charge in [-0.15, -0.1) is 12.4 Å². The van der Waals surface area contributed by atoms with Gasteiger partial charge in [0.05, 0.1) is 6.04 Å². The van der Waals surface area contributed by atoms with E-state index in [1.165, 1.54) is 12.1 Å². The van der Waals surface area contributed by atoms with Crippen molar-refractivity contribution in [1.29, 1.82) is 0 Å². The number of carbonyl (C=O) groups is 1. The molecule has 0 fully saturated rings. The molecule has 5 nitrogen and oxygen atoms in total. The van der Waals surface area contributed by atoms with Crippen molar-refractivity contribution in [1.82, 2.24) is 10.3 Å². The number of carbonyl (C=O) groups excluding carboxylic acids is 1. The summed E-state index contributed by atoms with van der Waals surface area (Å²) in [5.74, 6) is 0.189. The molecular weight excluding hydrogens is 333 g/mol. The summed E-state index contributed by atoms with van der Waals surface area (Å²) >= 11 is 0. The Hall–Kier alpha value is -2.18. The van der Waals surface area contributed by atoms with Crippen LogP contribution in [0.2, 0.25) is 0 Å². The molecular formula is C17H21ClFN3O2. The average molecular weight is 354 g/mol. The monoisotopic (exact) mass is 353 g/mol. The number of aromatic nitrogens is 1. The number of amides is 1. The third-order valence-corrected chi connectivity index (χ3v) is 3.22. The summed E-state index contributed by atoms with van der Waals surface area (Å²) in [7, 11) is 0. The third-order valence-electron chi connectivity index (χ3n) is 3.22. The van der Waals surface area contributed by atoms with Crippen LogP contribution in [0.15, 0.2) is 42.6 Å². The zero-order valence-electron chi connectivity index (χ0n) is 13.4. The Morgan fingerprint density at radius 3 is 2.79 bits per heavy atom. The number of nitrogens with one attached hydrogen (secondary N) is 1. The number of hydrogen-bond acceptors (Lipinski definition) is 4. The number of ether oxygens (including phenoxy) is 1. The maximum absolute atomic E-state index is 13.1. The Balaban J connectivity index is 0.00000288. The molecule has 1 unspecified atom stereocenters. The van der Waals surface area contributed by atoms with Gasteiger partial charge in [0.15, 0.2) is 0 Å². The van der Waals surface area contributed by atoms with Crippen molar-refractivity contribution in [3.05, 3.63) is 54.0 Å². The SMILES string of the molecule is CCCC(N)C(=O)NCc1ccc(Oc2cccc(F)c2)nc1.Cl. The van der Waals surface area contributed by atoms with Crippen LogP contribution in [0.25, 0.3) is 0 Å². The molecule has 130 valence electrons. The molecule has 3 N–H and O–H groups in total. The molecule has 1 amide bonds. The molecule has 0 spiro atoms. The van der Waals surface area contributed by atoms with Crippen LogP contribution in [-0.4, -0.2) is 16.9 Å². The van der Waals surface area contributed by atoms with Crippen molar-refractivity contribution in [3.8, 4) is 11.6 Å². The summed E-state index contributed by atoms with van der Waals surface area (Å²) in [4.78, 5) is 15.9. The normalized spacial score (nSPS) is 11.3. The van der Waals surface area contributed by atoms with Gasteiger partial charge < -0.3 is 15.8 Å². The highest BCUT2D eigenvalue weighted by molar-refractivity contribution is 5.85. The quantitative estimate of drug-likeness (QED) is 0.801. The Labute approximate surface area is 146 Å². The molecule has 0 saturated heterocycles. The first-order valence-electron chi connectivity index (χ1n) is 7.50. The molecule has 0 saturated carbocycles. The van der Waals surface area contributed by atoms with Gasteiger partial charge in [-0.25, -0.2) is 9.37 Å². The van der Waals surface area contributed by atoms with Crippen molar-refractivity contribution >= 4 is 18.3 Å². The molecule has 2 aromatic rings. The molecule has 0 aliphatic carbocycles. The predicted molar refractivity (Wildman–Crippen MR) is 92.7 cm³/mol. The topological polar surface area (TPSA) is 77.2 Å². The minimum atomic E-state index is -0.483. The molecule has 24 heavy (non-hydrogen) atoms. The van der Waals surface area contributed by atoms with Crippen molar-refractivity contribution in [2.24, 2.45) is 5.73 Å². The average Bonchev–Trinajstić information content (AvgIpc) is 2.54. The third kappa shape index (κ3) is 6.14. The molecule has 1 aromatic heterocycles. The van der Waals surface area contributed by atoms with Gasteiger partial charge in [0.2, 0.25) is 11.8 Å². The Morgan fingerprint density at radius 2 is 2.17 bits per heavy atom. The van der Waals surface area contributed by atoms with Crippen molar-refractivity contribution in [2.45, 2.75) is 32.4 Å². The van der Waals surface area contributed by atoms with Crippen molar-refractivity contribution in [2.75, 3.05) is 0 Å². The second kappa shape index (κ2) is 9.85. The fourth-order valence-corrected chi connectivity index (χ4v) is 1.99. The predicted octanol–water partition coefficient (Wildman–Crippen LogP) is 3.18. The van der Waals surface area contributed by atoms with Gasteiger partial charge in [-0.1, -0.05) is 25.5 Å². The van der Waals surface area contributed by atoms with Gasteiger partial charge in [-0.3, -0.25) is 4.79 Å². The lowest BCUT2D eigenvalue weighted by Crippen LogP contribution is -2.40. The first-order valence-corrected chi connectivity index (χ1v) is 7.50. The van der Waals surface area contributed by atoms with Gasteiger partial charge in [-0.2, -0.15) is 0 Å². The molecule has 1 aromatic carbocycles. The second-order valence-corrected chi connectivity index (χ2v) is 5.18. The van der Waals surface area contributed by atoms with Crippen molar-refractivity contribution in [3.63, 3.8) is 0 Å². The fourth-order valence-electron chi connectivity index (χ4n) is 1.99. The maximum Gasteiger partial charge on any atom is 0.237 e. The summed E-state index contributed by atoms with van der Waals surface area (Å²) in [5, 5.41) is 2.77. The fraction of sp³-hybridized carbons (Fsp3) is 0.294. The number of pyridine rings is 1. The van der Waals surface area contributed by atoms with E-state index in [0.29, 0.717) is 24.6 Å². The largest absolute Gasteiger partial charge is 0.439 e. The lowest BCUT2D eigenvalue weighted by molar-refractivity contribution is -0.122. The molecule has 2 rings (SSSR count). The minimum absolute atomic E-state index is 0. The van der Waals surface area contributed by atoms with Gasteiger partial charge in [0, 0.05) is 24.9 Å². The van der Waals surface area contributed by atoms with Crippen LogP contribution in [0, 0.1) is 5.82 Å². The highest BCUT2D eigenvalue weighted by Crippen LogP contribution is 2.19. The number of nitrogens with zero attached hydrogens (tertiary/aromatic N) is 1. The zero-order chi connectivity index (χ0) is 16.7. The van der Waals surface area contributed by atoms with E-state index in [2.05, 4.69) is 10.3 Å². The maximum atomic E-state index is 13.1. The van der Waals surface area contributed by atoms with Crippen LogP contribution in [0.1, 0.15) is 25.3 Å². The van der Waals surface area contributed by atoms with E-state index < -0.39 is 6.04 Å². The van der Waals surface area contributed by atoms with E-state index in [4.69, 9.17) is 10.5 Å². The Kier molecular flexibility index (Phi) is 8.15. The first-order chi connectivity index (χ1) is 11.1. The number of hydrogen-bond donors (Lipinski definition) is 2. The minimum Gasteiger partial charge on any atom is -0.439 e. The molecule has 1 atom stereocenters. The van der Waals surface area contributed by atoms with E-state index in [0.717, 1.165) is 12.0 Å². The molecule has 0 aliphatic heterocycles. The van der Waals surface area contributed by atoms with Crippen LogP contribution in [0.3, 0.4) is 0 Å². The zero-order valence-corrected chi connectivity index (χ0v) is 14.2. The van der Waals surface area contributed by atoms with E-state index >= 15 is 0 Å². The highest BCUT2D eigenvalue weighted by atomic mass is 35.5. The molecule has 0 radical (unpaired) electrons. The number of nitrogens with two attached hydrogens (primary N) is 1. The molecule has 1 heterocycles. The summed E-state index contributed by atoms with van der Waals surface area (Å²) in [5.41, 5.74) is 6.56. The first kappa shape index (κ1) is 19.9. The van der Waals surface area contributed by atoms with Crippen LogP contribution in [-0.2, 0) is 11.3 Å². The highest BCUT2D eigenvalue weighted by Gasteiger charge is 2.11. The molecule has 0 bridgehead atoms. The molecule has 0 aliphatic rings. The van der Waals surface area contributed by atoms with E-state index in [1.54, 1.807) is 30.5 Å². The lowest BCUT2D eigenvalue weighted by Gasteiger charge is -2.11. The number of benzene rings is 1. The van der Waals surface area contributed by atoms with Gasteiger partial charge in [0.1, 0.15) is 11.6 Å².